The van der Waals surface area contributed by atoms with Crippen LogP contribution in [0, 0.1) is 28.2 Å². The lowest BCUT2D eigenvalue weighted by Crippen LogP contribution is -2.44. The average Bonchev–Trinajstić information content (AvgIpc) is 2.94. The van der Waals surface area contributed by atoms with Crippen molar-refractivity contribution in [3.05, 3.63) is 73.1 Å². The van der Waals surface area contributed by atoms with Gasteiger partial charge in [0.05, 0.1) is 10.2 Å². The Morgan fingerprint density at radius 3 is 2.11 bits per heavy atom. The molecule has 3 aliphatic rings. The van der Waals surface area contributed by atoms with Crippen LogP contribution in [-0.4, -0.2) is 42.1 Å². The van der Waals surface area contributed by atoms with Crippen LogP contribution in [0.2, 0.25) is 0 Å². The van der Waals surface area contributed by atoms with Gasteiger partial charge in [0.15, 0.2) is 29.7 Å². The van der Waals surface area contributed by atoms with Crippen LogP contribution in [0.1, 0.15) is 96.3 Å². The maximum atomic E-state index is 14.1. The van der Waals surface area contributed by atoms with Gasteiger partial charge in [-0.3, -0.25) is 14.4 Å². The zero-order chi connectivity index (χ0) is 33.6. The molecule has 0 saturated heterocycles. The van der Waals surface area contributed by atoms with Crippen molar-refractivity contribution >= 4 is 45.8 Å². The fourth-order valence-electron chi connectivity index (χ4n) is 7.24. The number of carbonyl (C=O) groups excluding carboxylic acids is 3. The second kappa shape index (κ2) is 13.2. The second-order valence-electron chi connectivity index (χ2n) is 14.5. The first kappa shape index (κ1) is 34.2. The number of ketones is 2. The standard InChI is InChI=1S/C38H47IN2O5/c1-9-14-41-27-17-37(5,6)19-29(42)34(27)33(35-28(41)18-38(7,8)20-30(35)43)24-15-25(39)36(31(16-24)45-10-2)46-21-32(44)40-26-13-11-12-22(3)23(26)4/h11-13,15-16,33H,9-10,14,17-21H2,1-8H3,(H,40,44). The normalized spacial score (nSPS) is 19.2. The zero-order valence-electron chi connectivity index (χ0n) is 28.5. The molecule has 0 radical (unpaired) electrons. The molecule has 0 fully saturated rings. The molecule has 2 aromatic carbocycles. The van der Waals surface area contributed by atoms with Crippen LogP contribution in [0.15, 0.2) is 52.9 Å². The molecule has 1 amide bonds. The minimum Gasteiger partial charge on any atom is -0.490 e. The number of ether oxygens (including phenoxy) is 2. The topological polar surface area (TPSA) is 84.9 Å². The van der Waals surface area contributed by atoms with Crippen molar-refractivity contribution in [2.45, 2.75) is 93.4 Å². The SMILES string of the molecule is CCCN1C2=C(C(=O)CC(C)(C)C2)C(c2cc(I)c(OCC(=O)Nc3cccc(C)c3C)c(OCC)c2)C2=C1CC(C)(C)CC2=O. The molecule has 0 bridgehead atoms. The molecular formula is C38H47IN2O5. The minimum absolute atomic E-state index is 0.109. The van der Waals surface area contributed by atoms with Gasteiger partial charge in [-0.1, -0.05) is 46.8 Å². The summed E-state index contributed by atoms with van der Waals surface area (Å²) in [6.45, 7) is 17.6. The van der Waals surface area contributed by atoms with E-state index >= 15 is 0 Å². The Morgan fingerprint density at radius 1 is 0.935 bits per heavy atom. The Bertz CT molecular complexity index is 1600. The van der Waals surface area contributed by atoms with Crippen LogP contribution in [0.5, 0.6) is 11.5 Å². The molecule has 5 rings (SSSR count). The van der Waals surface area contributed by atoms with Gasteiger partial charge in [-0.2, -0.15) is 0 Å². The molecule has 7 nitrogen and oxygen atoms in total. The highest BCUT2D eigenvalue weighted by Crippen LogP contribution is 2.55. The number of anilines is 1. The first-order chi connectivity index (χ1) is 21.7. The van der Waals surface area contributed by atoms with Crippen molar-refractivity contribution in [2.75, 3.05) is 25.1 Å². The first-order valence-corrected chi connectivity index (χ1v) is 17.5. The first-order valence-electron chi connectivity index (χ1n) is 16.4. The van der Waals surface area contributed by atoms with Crippen LogP contribution < -0.4 is 14.8 Å². The Balaban J connectivity index is 1.57. The van der Waals surface area contributed by atoms with E-state index in [4.69, 9.17) is 9.47 Å². The summed E-state index contributed by atoms with van der Waals surface area (Å²) in [4.78, 5) is 43.5. The molecule has 0 spiro atoms. The van der Waals surface area contributed by atoms with Crippen LogP contribution in [0.25, 0.3) is 0 Å². The highest BCUT2D eigenvalue weighted by molar-refractivity contribution is 14.1. The van der Waals surface area contributed by atoms with Gasteiger partial charge in [-0.15, -0.1) is 0 Å². The Hall–Kier alpha value is -3.14. The van der Waals surface area contributed by atoms with Crippen molar-refractivity contribution < 1.29 is 23.9 Å². The highest BCUT2D eigenvalue weighted by Gasteiger charge is 2.49. The summed E-state index contributed by atoms with van der Waals surface area (Å²) in [5, 5.41) is 2.96. The molecule has 2 aromatic rings. The minimum atomic E-state index is -0.473. The van der Waals surface area contributed by atoms with Crippen molar-refractivity contribution in [3.8, 4) is 11.5 Å². The number of aryl methyl sites for hydroxylation is 1. The number of hydrogen-bond acceptors (Lipinski definition) is 6. The number of rotatable bonds is 9. The molecule has 2 aliphatic carbocycles. The van der Waals surface area contributed by atoms with Gasteiger partial charge in [-0.25, -0.2) is 0 Å². The number of benzene rings is 2. The number of amides is 1. The summed E-state index contributed by atoms with van der Waals surface area (Å²) in [7, 11) is 0. The number of nitrogens with one attached hydrogen (secondary N) is 1. The number of Topliss-reactive ketones (excluding diaryl/α,β-unsaturated/α-hetero) is 2. The summed E-state index contributed by atoms with van der Waals surface area (Å²) in [5.41, 5.74) is 7.00. The number of nitrogens with zero attached hydrogens (tertiary/aromatic N) is 1. The van der Waals surface area contributed by atoms with Crippen molar-refractivity contribution in [1.82, 2.24) is 4.90 Å². The fraction of sp³-hybridized carbons (Fsp3) is 0.500. The highest BCUT2D eigenvalue weighted by atomic mass is 127. The quantitative estimate of drug-likeness (QED) is 0.260. The summed E-state index contributed by atoms with van der Waals surface area (Å²) >= 11 is 2.21. The lowest BCUT2D eigenvalue weighted by Gasteiger charge is -2.49. The number of halogens is 1. The van der Waals surface area contributed by atoms with Crippen LogP contribution in [-0.2, 0) is 14.4 Å². The molecule has 1 heterocycles. The smallest absolute Gasteiger partial charge is 0.262 e. The Kier molecular flexibility index (Phi) is 9.79. The van der Waals surface area contributed by atoms with E-state index in [1.807, 2.05) is 51.1 Å². The predicted octanol–water partition coefficient (Wildman–Crippen LogP) is 8.42. The van der Waals surface area contributed by atoms with Gasteiger partial charge in [0, 0.05) is 53.5 Å². The van der Waals surface area contributed by atoms with E-state index in [0.717, 1.165) is 74.3 Å². The van der Waals surface area contributed by atoms with Gasteiger partial charge in [0.25, 0.3) is 5.91 Å². The number of carbonyl (C=O) groups is 3. The average molecular weight is 739 g/mol. The third-order valence-electron chi connectivity index (χ3n) is 9.36. The zero-order valence-corrected chi connectivity index (χ0v) is 30.6. The fourth-order valence-corrected chi connectivity index (χ4v) is 8.02. The van der Waals surface area contributed by atoms with Crippen LogP contribution in [0.3, 0.4) is 0 Å². The van der Waals surface area contributed by atoms with Gasteiger partial charge in [0.1, 0.15) is 0 Å². The van der Waals surface area contributed by atoms with Gasteiger partial charge in [0.2, 0.25) is 0 Å². The molecule has 0 unspecified atom stereocenters. The van der Waals surface area contributed by atoms with Crippen molar-refractivity contribution in [3.63, 3.8) is 0 Å². The summed E-state index contributed by atoms with van der Waals surface area (Å²) < 4.78 is 13.0. The Morgan fingerprint density at radius 2 is 1.54 bits per heavy atom. The lowest BCUT2D eigenvalue weighted by molar-refractivity contribution is -0.120. The van der Waals surface area contributed by atoms with E-state index in [2.05, 4.69) is 67.4 Å². The largest absolute Gasteiger partial charge is 0.490 e. The van der Waals surface area contributed by atoms with Crippen molar-refractivity contribution in [1.29, 1.82) is 0 Å². The van der Waals surface area contributed by atoms with E-state index in [-0.39, 0.29) is 34.9 Å². The third kappa shape index (κ3) is 6.78. The van der Waals surface area contributed by atoms with E-state index in [0.29, 0.717) is 30.9 Å². The van der Waals surface area contributed by atoms with Crippen LogP contribution >= 0.6 is 22.6 Å². The maximum absolute atomic E-state index is 14.1. The molecule has 0 saturated carbocycles. The Labute approximate surface area is 287 Å². The van der Waals surface area contributed by atoms with Crippen molar-refractivity contribution in [2.24, 2.45) is 10.8 Å². The summed E-state index contributed by atoms with van der Waals surface area (Å²) in [6, 6.07) is 9.71. The van der Waals surface area contributed by atoms with Gasteiger partial charge >= 0.3 is 0 Å². The lowest BCUT2D eigenvalue weighted by atomic mass is 9.63. The number of allylic oxidation sites excluding steroid dienone is 4. The van der Waals surface area contributed by atoms with E-state index in [1.54, 1.807) is 0 Å². The maximum Gasteiger partial charge on any atom is 0.262 e. The van der Waals surface area contributed by atoms with Gasteiger partial charge in [-0.05, 0) is 108 Å². The van der Waals surface area contributed by atoms with E-state index in [1.165, 1.54) is 0 Å². The summed E-state index contributed by atoms with van der Waals surface area (Å²) in [5.74, 6) is 0.447. The molecular weight excluding hydrogens is 691 g/mol. The number of hydrogen-bond donors (Lipinski definition) is 1. The molecule has 46 heavy (non-hydrogen) atoms. The van der Waals surface area contributed by atoms with Gasteiger partial charge < -0.3 is 19.7 Å². The van der Waals surface area contributed by atoms with Crippen LogP contribution in [0.4, 0.5) is 5.69 Å². The molecule has 8 heteroatoms. The molecule has 1 aliphatic heterocycles. The molecule has 1 N–H and O–H groups in total. The second-order valence-corrected chi connectivity index (χ2v) is 15.7. The summed E-state index contributed by atoms with van der Waals surface area (Å²) in [6.07, 6.45) is 3.36. The van der Waals surface area contributed by atoms with E-state index in [9.17, 15) is 14.4 Å². The molecule has 246 valence electrons. The predicted molar refractivity (Wildman–Crippen MR) is 190 cm³/mol. The molecule has 0 aromatic heterocycles. The van der Waals surface area contributed by atoms with E-state index < -0.39 is 5.92 Å². The third-order valence-corrected chi connectivity index (χ3v) is 10.2. The molecule has 0 atom stereocenters. The monoisotopic (exact) mass is 738 g/mol.